The van der Waals surface area contributed by atoms with Gasteiger partial charge in [-0.1, -0.05) is 53.5 Å². The zero-order valence-electron chi connectivity index (χ0n) is 28.6. The zero-order chi connectivity index (χ0) is 36.9. The average Bonchev–Trinajstić information content (AvgIpc) is 3.15. The van der Waals surface area contributed by atoms with Crippen LogP contribution in [-0.4, -0.2) is 62.8 Å². The van der Waals surface area contributed by atoms with Crippen LogP contribution in [-0.2, 0) is 22.4 Å². The van der Waals surface area contributed by atoms with Crippen LogP contribution in [0.25, 0.3) is 0 Å². The van der Waals surface area contributed by atoms with Crippen molar-refractivity contribution in [2.24, 2.45) is 11.7 Å². The van der Waals surface area contributed by atoms with Crippen LogP contribution in [0.3, 0.4) is 0 Å². The number of ether oxygens (including phenoxy) is 4. The minimum Gasteiger partial charge on any atom is -0.619 e. The molecular weight excluding hydrogens is 711 g/mol. The summed E-state index contributed by atoms with van der Waals surface area (Å²) >= 11 is 12.8. The van der Waals surface area contributed by atoms with Gasteiger partial charge in [-0.3, -0.25) is 14.6 Å². The Balaban J connectivity index is 1.24. The van der Waals surface area contributed by atoms with Gasteiger partial charge in [-0.05, 0) is 79.4 Å². The number of rotatable bonds is 12. The Labute approximate surface area is 311 Å². The fraction of sp³-hybridized carbons (Fsp3) is 0.316. The number of piperidine rings is 3. The molecule has 4 heterocycles. The molecule has 4 aromatic rings. The van der Waals surface area contributed by atoms with Gasteiger partial charge in [-0.25, -0.2) is 9.59 Å². The van der Waals surface area contributed by atoms with E-state index in [1.807, 2.05) is 0 Å². The number of nitrogens with zero attached hydrogens (tertiary/aromatic N) is 3. The second kappa shape index (κ2) is 16.1. The quantitative estimate of drug-likeness (QED) is 0.103. The van der Waals surface area contributed by atoms with Gasteiger partial charge < -0.3 is 29.9 Å². The number of esters is 1. The summed E-state index contributed by atoms with van der Waals surface area (Å²) in [6, 6.07) is 18.3. The van der Waals surface area contributed by atoms with E-state index in [9.17, 15) is 19.6 Å². The molecule has 3 saturated heterocycles. The molecule has 3 fully saturated rings. The normalized spacial score (nSPS) is 18.3. The van der Waals surface area contributed by atoms with Crippen molar-refractivity contribution in [3.8, 4) is 11.5 Å². The Morgan fingerprint density at radius 3 is 2.25 bits per heavy atom. The molecule has 0 unspecified atom stereocenters. The number of methoxy groups -OCH3 is 2. The summed E-state index contributed by atoms with van der Waals surface area (Å²) < 4.78 is 23.4. The standard InChI is InChI=1S/C38H38Cl2N4O8/c1-49-32-12-11-26(17-34(32)50-2)33(18-28-29(39)20-43(48)21-30(28)40)51-37(46)25-9-7-23(8-10-25)19-44(31-6-4-3-5-27(31)36(41)45)38(47)52-35-22-42-15-13-24(35)14-16-42/h3-12,17,20-21,24,33,35H,13-16,18-19,22H2,1-2H3,(H2,41,45)/t33-,35+/m0/s1. The third-order valence-corrected chi connectivity index (χ3v) is 10.2. The van der Waals surface area contributed by atoms with Crippen molar-refractivity contribution >= 4 is 46.9 Å². The smallest absolute Gasteiger partial charge is 0.414 e. The number of halogens is 2. The van der Waals surface area contributed by atoms with Crippen molar-refractivity contribution in [1.82, 2.24) is 4.90 Å². The van der Waals surface area contributed by atoms with Crippen molar-refractivity contribution in [3.05, 3.63) is 122 Å². The van der Waals surface area contributed by atoms with Crippen molar-refractivity contribution < 1.29 is 38.1 Å². The lowest BCUT2D eigenvalue weighted by atomic mass is 9.86. The van der Waals surface area contributed by atoms with Crippen LogP contribution in [0.4, 0.5) is 10.5 Å². The Morgan fingerprint density at radius 2 is 1.63 bits per heavy atom. The number of benzene rings is 3. The molecule has 7 rings (SSSR count). The number of aromatic nitrogens is 1. The topological polar surface area (TPSA) is 148 Å². The van der Waals surface area contributed by atoms with E-state index in [1.54, 1.807) is 66.7 Å². The van der Waals surface area contributed by atoms with Crippen molar-refractivity contribution in [3.63, 3.8) is 0 Å². The molecule has 0 saturated carbocycles. The van der Waals surface area contributed by atoms with E-state index in [4.69, 9.17) is 47.9 Å². The number of carbonyl (C=O) groups excluding carboxylic acids is 3. The van der Waals surface area contributed by atoms with Crippen LogP contribution in [0.1, 0.15) is 56.4 Å². The minimum atomic E-state index is -0.897. The Hall–Kier alpha value is -5.04. The second-order valence-electron chi connectivity index (χ2n) is 12.7. The van der Waals surface area contributed by atoms with Crippen molar-refractivity contribution in [2.45, 2.75) is 38.0 Å². The van der Waals surface area contributed by atoms with Gasteiger partial charge in [0, 0.05) is 18.5 Å². The van der Waals surface area contributed by atoms with Gasteiger partial charge in [-0.15, -0.1) is 0 Å². The largest absolute Gasteiger partial charge is 0.619 e. The highest BCUT2D eigenvalue weighted by molar-refractivity contribution is 6.35. The lowest BCUT2D eigenvalue weighted by molar-refractivity contribution is -0.605. The molecule has 3 aliphatic rings. The van der Waals surface area contributed by atoms with E-state index < -0.39 is 24.1 Å². The van der Waals surface area contributed by atoms with Crippen molar-refractivity contribution in [2.75, 3.05) is 38.8 Å². The molecule has 52 heavy (non-hydrogen) atoms. The summed E-state index contributed by atoms with van der Waals surface area (Å²) in [6.07, 6.45) is 2.59. The SMILES string of the molecule is COc1ccc([C@H](Cc2c(Cl)c[n+]([O-])cc2Cl)OC(=O)c2ccc(CN(C(=O)O[C@@H]3CN4CCC3CC4)c3ccccc3C(N)=O)cc2)cc1OC. The predicted octanol–water partition coefficient (Wildman–Crippen LogP) is 6.12. The minimum absolute atomic E-state index is 0.0402. The van der Waals surface area contributed by atoms with E-state index >= 15 is 0 Å². The Kier molecular flexibility index (Phi) is 11.4. The van der Waals surface area contributed by atoms with E-state index in [0.717, 1.165) is 25.9 Å². The second-order valence-corrected chi connectivity index (χ2v) is 13.5. The number of anilines is 1. The van der Waals surface area contributed by atoms with Crippen LogP contribution in [0.5, 0.6) is 11.5 Å². The lowest BCUT2D eigenvalue weighted by Gasteiger charge is -2.44. The molecule has 0 aliphatic carbocycles. The van der Waals surface area contributed by atoms with Gasteiger partial charge >= 0.3 is 12.1 Å². The molecule has 12 nitrogen and oxygen atoms in total. The van der Waals surface area contributed by atoms with Gasteiger partial charge in [0.2, 0.25) is 0 Å². The molecule has 3 aromatic carbocycles. The number of amides is 2. The average molecular weight is 750 g/mol. The summed E-state index contributed by atoms with van der Waals surface area (Å²) in [5, 5.41) is 12.1. The molecule has 2 N–H and O–H groups in total. The zero-order valence-corrected chi connectivity index (χ0v) is 30.1. The maximum absolute atomic E-state index is 13.8. The van der Waals surface area contributed by atoms with Crippen molar-refractivity contribution in [1.29, 1.82) is 0 Å². The predicted molar refractivity (Wildman–Crippen MR) is 194 cm³/mol. The number of primary amides is 1. The molecule has 0 radical (unpaired) electrons. The third-order valence-electron chi connectivity index (χ3n) is 9.54. The number of fused-ring (bicyclic) bond motifs is 3. The van der Waals surface area contributed by atoms with Crippen LogP contribution in [0.15, 0.2) is 79.1 Å². The number of hydrogen-bond acceptors (Lipinski definition) is 9. The number of pyridine rings is 1. The van der Waals surface area contributed by atoms with E-state index in [0.29, 0.717) is 45.2 Å². The summed E-state index contributed by atoms with van der Waals surface area (Å²) in [5.74, 6) is -0.139. The highest BCUT2D eigenvalue weighted by Crippen LogP contribution is 2.36. The first-order valence-corrected chi connectivity index (χ1v) is 17.5. The maximum Gasteiger partial charge on any atom is 0.414 e. The van der Waals surface area contributed by atoms with E-state index in [-0.39, 0.29) is 46.2 Å². The first-order chi connectivity index (χ1) is 25.0. The van der Waals surface area contributed by atoms with E-state index in [2.05, 4.69) is 4.90 Å². The molecule has 1 aromatic heterocycles. The van der Waals surface area contributed by atoms with Gasteiger partial charge in [0.05, 0.1) is 37.6 Å². The van der Waals surface area contributed by atoms with Crippen LogP contribution < -0.4 is 24.8 Å². The fourth-order valence-corrected chi connectivity index (χ4v) is 7.32. The molecule has 2 atom stereocenters. The molecule has 272 valence electrons. The number of para-hydroxylation sites is 1. The fourth-order valence-electron chi connectivity index (χ4n) is 6.72. The monoisotopic (exact) mass is 748 g/mol. The molecular formula is C38H38Cl2N4O8. The Bertz CT molecular complexity index is 1930. The lowest BCUT2D eigenvalue weighted by Crippen LogP contribution is -2.53. The maximum atomic E-state index is 13.8. The van der Waals surface area contributed by atoms with Gasteiger partial charge in [0.1, 0.15) is 22.3 Å². The molecule has 14 heteroatoms. The molecule has 2 bridgehead atoms. The van der Waals surface area contributed by atoms with Crippen LogP contribution >= 0.6 is 23.2 Å². The number of nitrogens with two attached hydrogens (primary N) is 1. The summed E-state index contributed by atoms with van der Waals surface area (Å²) in [4.78, 5) is 43.5. The first kappa shape index (κ1) is 36.7. The van der Waals surface area contributed by atoms with Gasteiger partial charge in [0.25, 0.3) is 5.91 Å². The highest BCUT2D eigenvalue weighted by Gasteiger charge is 2.38. The third kappa shape index (κ3) is 8.20. The summed E-state index contributed by atoms with van der Waals surface area (Å²) in [5.41, 5.74) is 8.08. The van der Waals surface area contributed by atoms with Crippen LogP contribution in [0, 0.1) is 11.1 Å². The summed E-state index contributed by atoms with van der Waals surface area (Å²) in [6.45, 7) is 2.70. The molecule has 3 aliphatic heterocycles. The van der Waals surface area contributed by atoms with Gasteiger partial charge in [-0.2, -0.15) is 4.73 Å². The number of carbonyl (C=O) groups is 3. The van der Waals surface area contributed by atoms with Crippen LogP contribution in [0.2, 0.25) is 10.0 Å². The van der Waals surface area contributed by atoms with E-state index in [1.165, 1.54) is 31.5 Å². The summed E-state index contributed by atoms with van der Waals surface area (Å²) in [7, 11) is 3.00. The molecule has 0 spiro atoms. The Morgan fingerprint density at radius 1 is 0.962 bits per heavy atom. The number of hydrogen-bond donors (Lipinski definition) is 1. The first-order valence-electron chi connectivity index (χ1n) is 16.7. The molecule has 2 amide bonds. The highest BCUT2D eigenvalue weighted by atomic mass is 35.5. The van der Waals surface area contributed by atoms with Gasteiger partial charge in [0.15, 0.2) is 23.9 Å².